The number of piperazine rings is 1. The van der Waals surface area contributed by atoms with Crippen LogP contribution in [0.4, 0.5) is 0 Å². The Bertz CT molecular complexity index is 334. The molecule has 90 valence electrons. The van der Waals surface area contributed by atoms with Crippen molar-refractivity contribution < 1.29 is 0 Å². The predicted molar refractivity (Wildman–Crippen MR) is 65.3 cm³/mol. The standard InChI is InChI=1S/C12H22N4/c1-4-15-6-5-13-12(15)10-16-8-7-14(3)9-11(16)2/h5-6,11H,4,7-10H2,1-3H3/t11-/m1/s1. The molecule has 0 saturated carbocycles. The highest BCUT2D eigenvalue weighted by atomic mass is 15.3. The maximum absolute atomic E-state index is 4.44. The minimum Gasteiger partial charge on any atom is -0.334 e. The Hall–Kier alpha value is -0.870. The lowest BCUT2D eigenvalue weighted by molar-refractivity contribution is 0.0905. The molecule has 4 nitrogen and oxygen atoms in total. The molecule has 16 heavy (non-hydrogen) atoms. The second kappa shape index (κ2) is 4.97. The van der Waals surface area contributed by atoms with Crippen LogP contribution in [-0.2, 0) is 13.1 Å². The molecule has 2 rings (SSSR count). The number of rotatable bonds is 3. The Morgan fingerprint density at radius 1 is 1.44 bits per heavy atom. The van der Waals surface area contributed by atoms with Crippen molar-refractivity contribution in [3.8, 4) is 0 Å². The Morgan fingerprint density at radius 3 is 2.94 bits per heavy atom. The van der Waals surface area contributed by atoms with Gasteiger partial charge in [-0.3, -0.25) is 4.90 Å². The molecule has 0 spiro atoms. The van der Waals surface area contributed by atoms with Crippen LogP contribution < -0.4 is 0 Å². The third kappa shape index (κ3) is 2.44. The fraction of sp³-hybridized carbons (Fsp3) is 0.750. The van der Waals surface area contributed by atoms with E-state index in [-0.39, 0.29) is 0 Å². The van der Waals surface area contributed by atoms with Gasteiger partial charge in [0.2, 0.25) is 0 Å². The number of aryl methyl sites for hydroxylation is 1. The first-order valence-electron chi connectivity index (χ1n) is 6.13. The van der Waals surface area contributed by atoms with Gasteiger partial charge in [0, 0.05) is 44.6 Å². The molecule has 0 unspecified atom stereocenters. The average molecular weight is 222 g/mol. The van der Waals surface area contributed by atoms with E-state index in [1.807, 2.05) is 6.20 Å². The molecule has 0 radical (unpaired) electrons. The van der Waals surface area contributed by atoms with Gasteiger partial charge in [0.1, 0.15) is 5.82 Å². The third-order valence-corrected chi connectivity index (χ3v) is 3.46. The number of imidazole rings is 1. The summed E-state index contributed by atoms with van der Waals surface area (Å²) in [6, 6.07) is 0.626. The van der Waals surface area contributed by atoms with Crippen LogP contribution in [0.5, 0.6) is 0 Å². The monoisotopic (exact) mass is 222 g/mol. The maximum atomic E-state index is 4.44. The lowest BCUT2D eigenvalue weighted by Gasteiger charge is -2.37. The van der Waals surface area contributed by atoms with Crippen molar-refractivity contribution in [1.82, 2.24) is 19.4 Å². The van der Waals surface area contributed by atoms with E-state index in [2.05, 4.69) is 46.4 Å². The molecule has 1 aliphatic rings. The molecule has 0 amide bonds. The second-order valence-corrected chi connectivity index (χ2v) is 4.71. The Balaban J connectivity index is 1.99. The predicted octanol–water partition coefficient (Wildman–Crippen LogP) is 1.04. The fourth-order valence-electron chi connectivity index (χ4n) is 2.37. The molecule has 1 aromatic rings. The van der Waals surface area contributed by atoms with Crippen LogP contribution in [0.25, 0.3) is 0 Å². The van der Waals surface area contributed by atoms with Crippen molar-refractivity contribution in [1.29, 1.82) is 0 Å². The highest BCUT2D eigenvalue weighted by molar-refractivity contribution is 4.93. The Kier molecular flexibility index (Phi) is 3.61. The van der Waals surface area contributed by atoms with E-state index in [1.165, 1.54) is 5.82 Å². The normalized spacial score (nSPS) is 23.8. The largest absolute Gasteiger partial charge is 0.334 e. The molecule has 1 fully saturated rings. The zero-order valence-electron chi connectivity index (χ0n) is 10.6. The van der Waals surface area contributed by atoms with Crippen LogP contribution in [0.1, 0.15) is 19.7 Å². The molecular weight excluding hydrogens is 200 g/mol. The summed E-state index contributed by atoms with van der Waals surface area (Å²) in [5, 5.41) is 0. The summed E-state index contributed by atoms with van der Waals surface area (Å²) in [4.78, 5) is 9.36. The van der Waals surface area contributed by atoms with Gasteiger partial charge in [-0.2, -0.15) is 0 Å². The molecule has 1 aliphatic heterocycles. The van der Waals surface area contributed by atoms with Crippen LogP contribution in [0.3, 0.4) is 0 Å². The van der Waals surface area contributed by atoms with Crippen molar-refractivity contribution in [2.24, 2.45) is 0 Å². The Labute approximate surface area is 97.9 Å². The molecular formula is C12H22N4. The summed E-state index contributed by atoms with van der Waals surface area (Å²) in [6.45, 7) is 9.93. The van der Waals surface area contributed by atoms with Crippen LogP contribution in [-0.4, -0.2) is 52.1 Å². The lowest BCUT2D eigenvalue weighted by Crippen LogP contribution is -2.50. The maximum Gasteiger partial charge on any atom is 0.122 e. The van der Waals surface area contributed by atoms with E-state index < -0.39 is 0 Å². The lowest BCUT2D eigenvalue weighted by atomic mass is 10.2. The third-order valence-electron chi connectivity index (χ3n) is 3.46. The number of hydrogen-bond donors (Lipinski definition) is 0. The summed E-state index contributed by atoms with van der Waals surface area (Å²) in [5.74, 6) is 1.19. The molecule has 4 heteroatoms. The van der Waals surface area contributed by atoms with Crippen LogP contribution in [0.15, 0.2) is 12.4 Å². The first-order valence-corrected chi connectivity index (χ1v) is 6.13. The van der Waals surface area contributed by atoms with Gasteiger partial charge >= 0.3 is 0 Å². The molecule has 1 atom stereocenters. The first kappa shape index (κ1) is 11.6. The highest BCUT2D eigenvalue weighted by Gasteiger charge is 2.22. The zero-order valence-corrected chi connectivity index (χ0v) is 10.6. The van der Waals surface area contributed by atoms with Gasteiger partial charge in [-0.1, -0.05) is 0 Å². The minimum absolute atomic E-state index is 0.626. The van der Waals surface area contributed by atoms with Gasteiger partial charge in [-0.25, -0.2) is 4.98 Å². The quantitative estimate of drug-likeness (QED) is 0.763. The second-order valence-electron chi connectivity index (χ2n) is 4.71. The average Bonchev–Trinajstić information content (AvgIpc) is 2.69. The fourth-order valence-corrected chi connectivity index (χ4v) is 2.37. The van der Waals surface area contributed by atoms with Gasteiger partial charge in [0.25, 0.3) is 0 Å². The van der Waals surface area contributed by atoms with Crippen molar-refractivity contribution in [3.63, 3.8) is 0 Å². The highest BCUT2D eigenvalue weighted by Crippen LogP contribution is 2.11. The summed E-state index contributed by atoms with van der Waals surface area (Å²) in [6.07, 6.45) is 3.97. The molecule has 1 aromatic heterocycles. The van der Waals surface area contributed by atoms with E-state index in [4.69, 9.17) is 0 Å². The molecule has 0 aromatic carbocycles. The number of nitrogens with zero attached hydrogens (tertiary/aromatic N) is 4. The summed E-state index contributed by atoms with van der Waals surface area (Å²) >= 11 is 0. The molecule has 2 heterocycles. The van der Waals surface area contributed by atoms with E-state index >= 15 is 0 Å². The van der Waals surface area contributed by atoms with E-state index in [0.29, 0.717) is 6.04 Å². The summed E-state index contributed by atoms with van der Waals surface area (Å²) in [5.41, 5.74) is 0. The van der Waals surface area contributed by atoms with E-state index in [9.17, 15) is 0 Å². The van der Waals surface area contributed by atoms with Crippen LogP contribution >= 0.6 is 0 Å². The van der Waals surface area contributed by atoms with Gasteiger partial charge in [0.15, 0.2) is 0 Å². The van der Waals surface area contributed by atoms with Gasteiger partial charge < -0.3 is 9.47 Å². The van der Waals surface area contributed by atoms with Crippen LogP contribution in [0.2, 0.25) is 0 Å². The zero-order chi connectivity index (χ0) is 11.5. The number of likely N-dealkylation sites (N-methyl/N-ethyl adjacent to an activating group) is 1. The molecule has 0 N–H and O–H groups in total. The van der Waals surface area contributed by atoms with Gasteiger partial charge in [-0.05, 0) is 20.9 Å². The van der Waals surface area contributed by atoms with E-state index in [0.717, 1.165) is 32.7 Å². The van der Waals surface area contributed by atoms with Crippen molar-refractivity contribution in [2.75, 3.05) is 26.7 Å². The molecule has 1 saturated heterocycles. The van der Waals surface area contributed by atoms with Crippen molar-refractivity contribution >= 4 is 0 Å². The van der Waals surface area contributed by atoms with Crippen molar-refractivity contribution in [2.45, 2.75) is 33.0 Å². The van der Waals surface area contributed by atoms with Gasteiger partial charge in [-0.15, -0.1) is 0 Å². The summed E-state index contributed by atoms with van der Waals surface area (Å²) in [7, 11) is 2.20. The Morgan fingerprint density at radius 2 is 2.25 bits per heavy atom. The van der Waals surface area contributed by atoms with E-state index in [1.54, 1.807) is 0 Å². The SMILES string of the molecule is CCn1ccnc1CN1CCN(C)C[C@H]1C. The molecule has 0 aliphatic carbocycles. The first-order chi connectivity index (χ1) is 7.70. The number of aromatic nitrogens is 2. The van der Waals surface area contributed by atoms with Crippen LogP contribution in [0, 0.1) is 0 Å². The van der Waals surface area contributed by atoms with Crippen molar-refractivity contribution in [3.05, 3.63) is 18.2 Å². The topological polar surface area (TPSA) is 24.3 Å². The number of hydrogen-bond acceptors (Lipinski definition) is 3. The smallest absolute Gasteiger partial charge is 0.122 e. The summed E-state index contributed by atoms with van der Waals surface area (Å²) < 4.78 is 2.23. The minimum atomic E-state index is 0.626. The molecule has 0 bridgehead atoms. The van der Waals surface area contributed by atoms with Gasteiger partial charge in [0.05, 0.1) is 6.54 Å².